The number of ether oxygens (including phenoxy) is 2. The maximum absolute atomic E-state index is 14.5. The number of aromatic amines is 1. The lowest BCUT2D eigenvalue weighted by Gasteiger charge is -2.42. The number of aromatic nitrogens is 4. The van der Waals surface area contributed by atoms with E-state index in [2.05, 4.69) is 26.9 Å². The van der Waals surface area contributed by atoms with E-state index < -0.39 is 17.3 Å². The number of nitrogens with one attached hydrogen (secondary N) is 1. The van der Waals surface area contributed by atoms with Gasteiger partial charge in [0.1, 0.15) is 16.6 Å². The van der Waals surface area contributed by atoms with Crippen molar-refractivity contribution in [3.63, 3.8) is 0 Å². The molecule has 4 aliphatic rings. The monoisotopic (exact) mass is 642 g/mol. The highest BCUT2D eigenvalue weighted by atomic mass is 32.1. The van der Waals surface area contributed by atoms with Crippen LogP contribution in [0, 0.1) is 23.7 Å². The minimum absolute atomic E-state index is 0.0425. The number of aryl methyl sites for hydroxylation is 1. The summed E-state index contributed by atoms with van der Waals surface area (Å²) in [5.74, 6) is 2.29. The molecule has 12 nitrogen and oxygen atoms in total. The number of Topliss-reactive ketones (excluding diaryl/α,β-unsaturated/α-hetero) is 1. The number of ketones is 1. The van der Waals surface area contributed by atoms with Crippen LogP contribution in [0.3, 0.4) is 0 Å². The molecule has 0 bridgehead atoms. The van der Waals surface area contributed by atoms with Gasteiger partial charge < -0.3 is 20.9 Å². The van der Waals surface area contributed by atoms with Gasteiger partial charge in [0.05, 0.1) is 24.3 Å². The minimum atomic E-state index is -0.658. The van der Waals surface area contributed by atoms with Crippen molar-refractivity contribution in [3.05, 3.63) is 43.6 Å². The summed E-state index contributed by atoms with van der Waals surface area (Å²) in [5.41, 5.74) is 15.0. The Kier molecular flexibility index (Phi) is 7.87. The summed E-state index contributed by atoms with van der Waals surface area (Å²) in [4.78, 5) is 43.3. The van der Waals surface area contributed by atoms with E-state index in [1.165, 1.54) is 11.3 Å². The molecule has 240 valence electrons. The number of fused-ring (bicyclic) bond motifs is 3. The number of rotatable bonds is 6. The number of nitrogen functional groups attached to an aromatic ring is 1. The maximum atomic E-state index is 14.5. The molecule has 4 atom stereocenters. The van der Waals surface area contributed by atoms with Gasteiger partial charge in [-0.05, 0) is 83.4 Å². The van der Waals surface area contributed by atoms with Crippen molar-refractivity contribution < 1.29 is 14.3 Å². The molecule has 1 spiro atoms. The zero-order valence-corrected chi connectivity index (χ0v) is 26.8. The Morgan fingerprint density at radius 3 is 2.72 bits per heavy atom. The van der Waals surface area contributed by atoms with Gasteiger partial charge in [-0.1, -0.05) is 5.92 Å². The number of nitriles is 1. The van der Waals surface area contributed by atoms with Crippen LogP contribution in [0.1, 0.15) is 90.5 Å². The van der Waals surface area contributed by atoms with Gasteiger partial charge >= 0.3 is 5.69 Å². The van der Waals surface area contributed by atoms with E-state index in [1.54, 1.807) is 4.57 Å². The molecule has 2 aliphatic carbocycles. The average molecular weight is 643 g/mol. The molecule has 3 aromatic rings. The first-order valence-corrected chi connectivity index (χ1v) is 16.9. The fourth-order valence-electron chi connectivity index (χ4n) is 8.07. The van der Waals surface area contributed by atoms with Gasteiger partial charge in [0.2, 0.25) is 17.5 Å². The number of hydrogen-bond donors (Lipinski definition) is 3. The van der Waals surface area contributed by atoms with Crippen LogP contribution in [0.5, 0.6) is 5.88 Å². The summed E-state index contributed by atoms with van der Waals surface area (Å²) >= 11 is 1.44. The van der Waals surface area contributed by atoms with E-state index in [0.717, 1.165) is 68.4 Å². The number of imidazole rings is 1. The zero-order valence-electron chi connectivity index (χ0n) is 25.9. The molecule has 0 aromatic carbocycles. The van der Waals surface area contributed by atoms with Gasteiger partial charge in [-0.2, -0.15) is 10.2 Å². The number of likely N-dealkylation sites (N-methyl/N-ethyl adjacent to an activating group) is 1. The maximum Gasteiger partial charge on any atom is 0.328 e. The van der Waals surface area contributed by atoms with Crippen molar-refractivity contribution in [2.24, 2.45) is 5.73 Å². The van der Waals surface area contributed by atoms with Crippen LogP contribution in [0.15, 0.2) is 16.1 Å². The van der Waals surface area contributed by atoms with Crippen LogP contribution in [-0.2, 0) is 16.6 Å². The first-order valence-electron chi connectivity index (χ1n) is 16.1. The van der Waals surface area contributed by atoms with Crippen molar-refractivity contribution >= 4 is 33.3 Å². The highest BCUT2D eigenvalue weighted by molar-refractivity contribution is 7.16. The van der Waals surface area contributed by atoms with Crippen LogP contribution in [0.2, 0.25) is 0 Å². The summed E-state index contributed by atoms with van der Waals surface area (Å²) < 4.78 is 13.6. The molecular formula is C33H38N8O4S. The zero-order chi connectivity index (χ0) is 32.2. The number of carbonyl (C=O) groups excluding carboxylic acids is 1. The van der Waals surface area contributed by atoms with E-state index in [4.69, 9.17) is 32.3 Å². The van der Waals surface area contributed by atoms with Gasteiger partial charge in [-0.15, -0.1) is 17.8 Å². The lowest BCUT2D eigenvalue weighted by atomic mass is 9.62. The number of terminal acetylenes is 1. The van der Waals surface area contributed by atoms with E-state index in [0.29, 0.717) is 53.4 Å². The van der Waals surface area contributed by atoms with Gasteiger partial charge in [0, 0.05) is 28.2 Å². The molecule has 46 heavy (non-hydrogen) atoms. The summed E-state index contributed by atoms with van der Waals surface area (Å²) in [6, 6.07) is 2.00. The van der Waals surface area contributed by atoms with Crippen molar-refractivity contribution in [1.29, 1.82) is 5.26 Å². The molecule has 2 aliphatic heterocycles. The average Bonchev–Trinajstić information content (AvgIpc) is 3.74. The van der Waals surface area contributed by atoms with Crippen LogP contribution in [-0.4, -0.2) is 69.2 Å². The van der Waals surface area contributed by atoms with Crippen molar-refractivity contribution in [1.82, 2.24) is 24.4 Å². The summed E-state index contributed by atoms with van der Waals surface area (Å²) in [6.45, 7) is 1.87. The molecule has 5 N–H and O–H groups in total. The molecule has 13 heteroatoms. The first kappa shape index (κ1) is 30.5. The highest BCUT2D eigenvalue weighted by Crippen LogP contribution is 2.53. The Morgan fingerprint density at radius 2 is 2.02 bits per heavy atom. The number of nitrogens with zero attached hydrogens (tertiary/aromatic N) is 5. The van der Waals surface area contributed by atoms with Gasteiger partial charge in [0.25, 0.3) is 0 Å². The smallest absolute Gasteiger partial charge is 0.328 e. The van der Waals surface area contributed by atoms with Crippen molar-refractivity contribution in [2.45, 2.75) is 87.8 Å². The topological polar surface area (TPSA) is 178 Å². The molecule has 0 saturated carbocycles. The predicted octanol–water partition coefficient (Wildman–Crippen LogP) is 3.31. The third kappa shape index (κ3) is 4.80. The molecule has 0 radical (unpaired) electrons. The SMILES string of the molecule is C#C[C@H](Oc1nc(C(=O)C2=C(N)[C@@]3(CCC2)CCCc2sc(N)c(C#N)c23)nc2c1[nH]c(=O)n2[C@@H]1CCCOC1)[C@@H]1CCCN1C. The van der Waals surface area contributed by atoms with Gasteiger partial charge in [0.15, 0.2) is 11.8 Å². The predicted molar refractivity (Wildman–Crippen MR) is 174 cm³/mol. The summed E-state index contributed by atoms with van der Waals surface area (Å²) in [5, 5.41) is 10.5. The number of nitrogens with two attached hydrogens (primary N) is 2. The Bertz CT molecular complexity index is 1890. The van der Waals surface area contributed by atoms with Gasteiger partial charge in [-0.3, -0.25) is 19.2 Å². The van der Waals surface area contributed by atoms with Crippen LogP contribution >= 0.6 is 11.3 Å². The second-order valence-electron chi connectivity index (χ2n) is 12.9. The number of thiophene rings is 1. The second-order valence-corrected chi connectivity index (χ2v) is 14.0. The Hall–Kier alpha value is -4.17. The van der Waals surface area contributed by atoms with Crippen molar-refractivity contribution in [3.8, 4) is 24.3 Å². The third-order valence-electron chi connectivity index (χ3n) is 10.3. The lowest BCUT2D eigenvalue weighted by molar-refractivity contribution is 0.0593. The Morgan fingerprint density at radius 1 is 1.22 bits per heavy atom. The normalized spacial score (nSPS) is 25.7. The number of carbonyl (C=O) groups is 1. The van der Waals surface area contributed by atoms with E-state index >= 15 is 0 Å². The van der Waals surface area contributed by atoms with E-state index in [9.17, 15) is 14.9 Å². The molecule has 5 heterocycles. The summed E-state index contributed by atoms with van der Waals surface area (Å²) in [6.07, 6.45) is 13.0. The van der Waals surface area contributed by atoms with Crippen LogP contribution in [0.4, 0.5) is 5.00 Å². The van der Waals surface area contributed by atoms with Crippen LogP contribution < -0.4 is 21.9 Å². The fourth-order valence-corrected chi connectivity index (χ4v) is 9.23. The summed E-state index contributed by atoms with van der Waals surface area (Å²) in [7, 11) is 2.00. The molecule has 2 saturated heterocycles. The third-order valence-corrected chi connectivity index (χ3v) is 11.4. The Labute approximate surface area is 270 Å². The molecule has 7 rings (SSSR count). The number of H-pyrrole nitrogens is 1. The van der Waals surface area contributed by atoms with Gasteiger partial charge in [-0.25, -0.2) is 9.78 Å². The quantitative estimate of drug-likeness (QED) is 0.267. The van der Waals surface area contributed by atoms with Crippen molar-refractivity contribution in [2.75, 3.05) is 32.5 Å². The number of anilines is 1. The largest absolute Gasteiger partial charge is 0.458 e. The number of allylic oxidation sites excluding steroid dienone is 2. The fraction of sp³-hybridized carbons (Fsp3) is 0.545. The molecule has 0 amide bonds. The second kappa shape index (κ2) is 11.9. The minimum Gasteiger partial charge on any atom is -0.458 e. The number of hydrogen-bond acceptors (Lipinski definition) is 11. The van der Waals surface area contributed by atoms with E-state index in [1.807, 2.05) is 7.05 Å². The standard InChI is InChI=1S/C33H38N8O4S/c1-3-22(21-10-6-14-40(21)2)45-31-25-30(41(32(43)37-25)18-8-7-15-44-17-18)38-29(39-31)26(42)19-9-4-12-33(27(19)35)13-5-11-23-24(33)20(16-34)28(36)46-23/h1,18,21-22H,4-15,17,35-36H2,2H3,(H,37,43)/t18-,21+,22+,33+/m1/s1. The molecule has 2 fully saturated rings. The Balaban J connectivity index is 1.36. The van der Waals surface area contributed by atoms with Crippen LogP contribution in [0.25, 0.3) is 11.2 Å². The molecule has 3 aromatic heterocycles. The van der Waals surface area contributed by atoms with E-state index in [-0.39, 0.29) is 35.1 Å². The molecular weight excluding hydrogens is 604 g/mol. The molecule has 0 unspecified atom stereocenters. The first-order chi connectivity index (χ1) is 22.3. The lowest BCUT2D eigenvalue weighted by Crippen LogP contribution is -2.41. The number of likely N-dealkylation sites (tertiary alicyclic amines) is 1. The highest BCUT2D eigenvalue weighted by Gasteiger charge is 2.46.